The molecule has 6 nitrogen and oxygen atoms in total. The van der Waals surface area contributed by atoms with Crippen molar-refractivity contribution >= 4 is 11.5 Å². The van der Waals surface area contributed by atoms with Crippen molar-refractivity contribution < 1.29 is 14.2 Å². The molecule has 24 heavy (non-hydrogen) atoms. The van der Waals surface area contributed by atoms with E-state index in [1.54, 1.807) is 10.6 Å². The Morgan fingerprint density at radius 3 is 3.00 bits per heavy atom. The Morgan fingerprint density at radius 2 is 2.33 bits per heavy atom. The molecule has 4 rings (SSSR count). The molecule has 7 heteroatoms. The van der Waals surface area contributed by atoms with E-state index in [1.807, 2.05) is 0 Å². The van der Waals surface area contributed by atoms with Crippen LogP contribution in [-0.2, 0) is 10.2 Å². The average molecular weight is 334 g/mol. The van der Waals surface area contributed by atoms with Gasteiger partial charge in [0.05, 0.1) is 30.6 Å². The zero-order chi connectivity index (χ0) is 16.7. The van der Waals surface area contributed by atoms with Crippen LogP contribution in [0.2, 0.25) is 0 Å². The van der Waals surface area contributed by atoms with Gasteiger partial charge in [-0.3, -0.25) is 0 Å². The molecule has 1 aliphatic carbocycles. The van der Waals surface area contributed by atoms with E-state index >= 15 is 0 Å². The number of nitrogens with zero attached hydrogens (tertiary/aromatic N) is 3. The largest absolute Gasteiger partial charge is 0.389 e. The molecule has 0 aromatic carbocycles. The van der Waals surface area contributed by atoms with Crippen molar-refractivity contribution in [3.63, 3.8) is 0 Å². The lowest BCUT2D eigenvalue weighted by Crippen LogP contribution is -2.42. The molecule has 1 aliphatic heterocycles. The molecule has 0 amide bonds. The second-order valence-corrected chi connectivity index (χ2v) is 6.93. The van der Waals surface area contributed by atoms with Gasteiger partial charge in [-0.15, -0.1) is 5.10 Å². The summed E-state index contributed by atoms with van der Waals surface area (Å²) in [7, 11) is 0. The second kappa shape index (κ2) is 5.97. The number of hydrogen-bond donors (Lipinski definition) is 2. The highest BCUT2D eigenvalue weighted by atomic mass is 19.1. The highest BCUT2D eigenvalue weighted by molar-refractivity contribution is 5.51. The summed E-state index contributed by atoms with van der Waals surface area (Å²) in [4.78, 5) is 4.23. The predicted molar refractivity (Wildman–Crippen MR) is 87.6 cm³/mol. The quantitative estimate of drug-likeness (QED) is 0.897. The van der Waals surface area contributed by atoms with Gasteiger partial charge in [0.25, 0.3) is 0 Å². The van der Waals surface area contributed by atoms with E-state index in [0.717, 1.165) is 25.0 Å². The van der Waals surface area contributed by atoms with E-state index < -0.39 is 6.10 Å². The molecule has 0 spiro atoms. The van der Waals surface area contributed by atoms with Crippen molar-refractivity contribution in [2.45, 2.75) is 56.6 Å². The molecule has 0 bridgehead atoms. The molecule has 1 saturated carbocycles. The molecule has 2 atom stereocenters. The van der Waals surface area contributed by atoms with Crippen LogP contribution in [0.5, 0.6) is 0 Å². The summed E-state index contributed by atoms with van der Waals surface area (Å²) in [5.41, 5.74) is 1.36. The van der Waals surface area contributed by atoms with Crippen LogP contribution in [0.25, 0.3) is 5.52 Å². The van der Waals surface area contributed by atoms with Gasteiger partial charge in [0.2, 0.25) is 5.95 Å². The van der Waals surface area contributed by atoms with Crippen LogP contribution < -0.4 is 5.32 Å². The summed E-state index contributed by atoms with van der Waals surface area (Å²) in [6.45, 7) is 3.05. The van der Waals surface area contributed by atoms with Gasteiger partial charge in [0.15, 0.2) is 5.82 Å². The number of aliphatic hydroxyl groups is 1. The fourth-order valence-electron chi connectivity index (χ4n) is 3.85. The third-order valence-corrected chi connectivity index (χ3v) is 5.64. The highest BCUT2D eigenvalue weighted by Crippen LogP contribution is 2.46. The van der Waals surface area contributed by atoms with Crippen molar-refractivity contribution in [1.82, 2.24) is 14.6 Å². The van der Waals surface area contributed by atoms with Crippen LogP contribution in [0.3, 0.4) is 0 Å². The van der Waals surface area contributed by atoms with Crippen LogP contribution in [0, 0.1) is 5.82 Å². The van der Waals surface area contributed by atoms with Crippen LogP contribution in [-0.4, -0.2) is 45.1 Å². The summed E-state index contributed by atoms with van der Waals surface area (Å²) in [5, 5.41) is 17.7. The number of aliphatic hydroxyl groups excluding tert-OH is 1. The molecule has 2 aromatic rings. The lowest BCUT2D eigenvalue weighted by Gasteiger charge is -2.40. The Morgan fingerprint density at radius 1 is 1.50 bits per heavy atom. The zero-order valence-corrected chi connectivity index (χ0v) is 13.8. The Hall–Kier alpha value is -1.73. The number of ether oxygens (including phenoxy) is 1. The highest BCUT2D eigenvalue weighted by Gasteiger charge is 2.40. The predicted octanol–water partition coefficient (Wildman–Crippen LogP) is 2.26. The SMILES string of the molecule is CCC1(c2cc(F)c3cnc(N[C@@H]4CCOC[C@H]4O)nn23)CCC1. The average Bonchev–Trinajstić information content (AvgIpc) is 2.86. The normalized spacial score (nSPS) is 26.3. The number of halogens is 1. The Balaban J connectivity index is 1.69. The molecule has 2 aromatic heterocycles. The van der Waals surface area contributed by atoms with Gasteiger partial charge in [-0.2, -0.15) is 0 Å². The third kappa shape index (κ3) is 2.46. The van der Waals surface area contributed by atoms with Crippen molar-refractivity contribution in [2.24, 2.45) is 0 Å². The molecule has 130 valence electrons. The molecular weight excluding hydrogens is 311 g/mol. The summed E-state index contributed by atoms with van der Waals surface area (Å²) in [5.74, 6) is 0.137. The Kier molecular flexibility index (Phi) is 3.92. The summed E-state index contributed by atoms with van der Waals surface area (Å²) in [6.07, 6.45) is 5.90. The number of aromatic nitrogens is 3. The van der Waals surface area contributed by atoms with Crippen molar-refractivity contribution in [3.05, 3.63) is 23.8 Å². The smallest absolute Gasteiger partial charge is 0.241 e. The van der Waals surface area contributed by atoms with Gasteiger partial charge >= 0.3 is 0 Å². The second-order valence-electron chi connectivity index (χ2n) is 6.93. The minimum Gasteiger partial charge on any atom is -0.389 e. The number of anilines is 1. The van der Waals surface area contributed by atoms with E-state index in [9.17, 15) is 9.50 Å². The number of hydrogen-bond acceptors (Lipinski definition) is 5. The first kappa shape index (κ1) is 15.8. The fraction of sp³-hybridized carbons (Fsp3) is 0.647. The number of rotatable bonds is 4. The molecule has 2 fully saturated rings. The van der Waals surface area contributed by atoms with Crippen LogP contribution in [0.15, 0.2) is 12.3 Å². The summed E-state index contributed by atoms with van der Waals surface area (Å²) < 4.78 is 21.2. The maximum Gasteiger partial charge on any atom is 0.241 e. The maximum absolute atomic E-state index is 14.3. The first-order valence-corrected chi connectivity index (χ1v) is 8.70. The molecule has 0 unspecified atom stereocenters. The monoisotopic (exact) mass is 334 g/mol. The maximum atomic E-state index is 14.3. The molecule has 3 heterocycles. The minimum absolute atomic E-state index is 0.0249. The lowest BCUT2D eigenvalue weighted by molar-refractivity contribution is -0.0136. The zero-order valence-electron chi connectivity index (χ0n) is 13.8. The first-order valence-electron chi connectivity index (χ1n) is 8.70. The number of fused-ring (bicyclic) bond motifs is 1. The van der Waals surface area contributed by atoms with Crippen molar-refractivity contribution in [1.29, 1.82) is 0 Å². The van der Waals surface area contributed by atoms with E-state index in [0.29, 0.717) is 31.1 Å². The third-order valence-electron chi connectivity index (χ3n) is 5.64. The van der Waals surface area contributed by atoms with Gasteiger partial charge in [-0.05, 0) is 31.7 Å². The molecule has 2 N–H and O–H groups in total. The number of nitrogens with one attached hydrogen (secondary N) is 1. The van der Waals surface area contributed by atoms with Gasteiger partial charge < -0.3 is 15.2 Å². The summed E-state index contributed by atoms with van der Waals surface area (Å²) >= 11 is 0. The molecule has 2 aliphatic rings. The van der Waals surface area contributed by atoms with Gasteiger partial charge in [-0.25, -0.2) is 13.9 Å². The topological polar surface area (TPSA) is 71.7 Å². The minimum atomic E-state index is -0.590. The van der Waals surface area contributed by atoms with Gasteiger partial charge in [0, 0.05) is 12.0 Å². The van der Waals surface area contributed by atoms with E-state index in [4.69, 9.17) is 4.74 Å². The van der Waals surface area contributed by atoms with E-state index in [1.165, 1.54) is 12.6 Å². The summed E-state index contributed by atoms with van der Waals surface area (Å²) in [6, 6.07) is 1.46. The molecule has 0 radical (unpaired) electrons. The van der Waals surface area contributed by atoms with Gasteiger partial charge in [-0.1, -0.05) is 13.3 Å². The fourth-order valence-corrected chi connectivity index (χ4v) is 3.85. The van der Waals surface area contributed by atoms with E-state index in [-0.39, 0.29) is 17.3 Å². The Labute approximate surface area is 140 Å². The standard InChI is InChI=1S/C17H23FN4O2/c1-2-17(5-3-6-17)15-8-11(18)13-9-19-16(21-22(13)15)20-12-4-7-24-10-14(12)23/h8-9,12,14,23H,2-7,10H2,1H3,(H,20,21)/t12-,14-/m1/s1. The Bertz CT molecular complexity index is 738. The molecule has 1 saturated heterocycles. The van der Waals surface area contributed by atoms with Crippen LogP contribution >= 0.6 is 0 Å². The van der Waals surface area contributed by atoms with Crippen molar-refractivity contribution in [2.75, 3.05) is 18.5 Å². The molecular formula is C17H23FN4O2. The van der Waals surface area contributed by atoms with E-state index in [2.05, 4.69) is 22.3 Å². The van der Waals surface area contributed by atoms with Gasteiger partial charge in [0.1, 0.15) is 5.52 Å². The van der Waals surface area contributed by atoms with Crippen LogP contribution in [0.4, 0.5) is 10.3 Å². The van der Waals surface area contributed by atoms with Crippen LogP contribution in [0.1, 0.15) is 44.7 Å². The lowest BCUT2D eigenvalue weighted by atomic mass is 9.65. The first-order chi connectivity index (χ1) is 11.6. The van der Waals surface area contributed by atoms with Crippen molar-refractivity contribution in [3.8, 4) is 0 Å².